The normalized spacial score (nSPS) is 21.7. The molecule has 2 rings (SSSR count). The minimum atomic E-state index is 0.101. The van der Waals surface area contributed by atoms with E-state index >= 15 is 0 Å². The molecule has 2 unspecified atom stereocenters. The van der Waals surface area contributed by atoms with Gasteiger partial charge < -0.3 is 15.1 Å². The molecule has 5 nitrogen and oxygen atoms in total. The molecule has 0 aliphatic carbocycles. The number of rotatable bonds is 6. The van der Waals surface area contributed by atoms with Gasteiger partial charge >= 0.3 is 0 Å². The summed E-state index contributed by atoms with van der Waals surface area (Å²) in [6.07, 6.45) is 4.54. The highest BCUT2D eigenvalue weighted by Crippen LogP contribution is 2.19. The van der Waals surface area contributed by atoms with Gasteiger partial charge in [-0.05, 0) is 45.6 Å². The second-order valence-corrected chi connectivity index (χ2v) is 6.06. The zero-order chi connectivity index (χ0) is 15.2. The van der Waals surface area contributed by atoms with Crippen molar-refractivity contribution in [2.24, 2.45) is 5.92 Å². The van der Waals surface area contributed by atoms with E-state index in [0.717, 1.165) is 31.6 Å². The van der Waals surface area contributed by atoms with Crippen LogP contribution in [0.25, 0.3) is 0 Å². The molecule has 116 valence electrons. The number of hydrogen-bond donors (Lipinski definition) is 1. The van der Waals surface area contributed by atoms with Gasteiger partial charge in [-0.1, -0.05) is 6.07 Å². The Labute approximate surface area is 127 Å². The maximum Gasteiger partial charge on any atom is 0.227 e. The van der Waals surface area contributed by atoms with E-state index in [1.54, 1.807) is 6.20 Å². The number of aromatic nitrogens is 1. The fourth-order valence-electron chi connectivity index (χ4n) is 2.73. The minimum absolute atomic E-state index is 0.101. The van der Waals surface area contributed by atoms with Gasteiger partial charge in [-0.15, -0.1) is 0 Å². The SMILES string of the molecule is CC1NCCC1C(=O)N(CCN(C)C)Cc1cccnc1. The monoisotopic (exact) mass is 290 g/mol. The van der Waals surface area contributed by atoms with Gasteiger partial charge in [0.2, 0.25) is 5.91 Å². The summed E-state index contributed by atoms with van der Waals surface area (Å²) in [4.78, 5) is 21.1. The minimum Gasteiger partial charge on any atom is -0.337 e. The Balaban J connectivity index is 2.05. The van der Waals surface area contributed by atoms with Crippen LogP contribution < -0.4 is 5.32 Å². The van der Waals surface area contributed by atoms with Gasteiger partial charge in [-0.2, -0.15) is 0 Å². The molecule has 0 aromatic carbocycles. The highest BCUT2D eigenvalue weighted by Gasteiger charge is 2.32. The van der Waals surface area contributed by atoms with Gasteiger partial charge in [-0.25, -0.2) is 0 Å². The molecule has 1 aromatic heterocycles. The van der Waals surface area contributed by atoms with Crippen LogP contribution in [0.1, 0.15) is 18.9 Å². The standard InChI is InChI=1S/C16H26N4O/c1-13-15(6-8-18-13)16(21)20(10-9-19(2)3)12-14-5-4-7-17-11-14/h4-5,7,11,13,15,18H,6,8-10,12H2,1-3H3. The smallest absolute Gasteiger partial charge is 0.227 e. The van der Waals surface area contributed by atoms with Crippen LogP contribution in [0.15, 0.2) is 24.5 Å². The van der Waals surface area contributed by atoms with E-state index in [1.807, 2.05) is 37.3 Å². The fraction of sp³-hybridized carbons (Fsp3) is 0.625. The van der Waals surface area contributed by atoms with Crippen molar-refractivity contribution in [2.45, 2.75) is 25.9 Å². The van der Waals surface area contributed by atoms with Gasteiger partial charge in [0.25, 0.3) is 0 Å². The average Bonchev–Trinajstić information content (AvgIpc) is 2.90. The number of nitrogens with zero attached hydrogens (tertiary/aromatic N) is 3. The summed E-state index contributed by atoms with van der Waals surface area (Å²) in [7, 11) is 4.07. The molecular weight excluding hydrogens is 264 g/mol. The summed E-state index contributed by atoms with van der Waals surface area (Å²) in [5.74, 6) is 0.363. The van der Waals surface area contributed by atoms with Crippen molar-refractivity contribution in [1.82, 2.24) is 20.1 Å². The molecule has 5 heteroatoms. The highest BCUT2D eigenvalue weighted by molar-refractivity contribution is 5.80. The predicted octanol–water partition coefficient (Wildman–Crippen LogP) is 0.970. The second kappa shape index (κ2) is 7.52. The van der Waals surface area contributed by atoms with Crippen LogP contribution in [-0.2, 0) is 11.3 Å². The number of likely N-dealkylation sites (N-methyl/N-ethyl adjacent to an activating group) is 1. The van der Waals surface area contributed by atoms with E-state index in [0.29, 0.717) is 6.54 Å². The third-order valence-electron chi connectivity index (χ3n) is 4.07. The van der Waals surface area contributed by atoms with Crippen molar-refractivity contribution in [3.8, 4) is 0 Å². The van der Waals surface area contributed by atoms with Gasteiger partial charge in [-0.3, -0.25) is 9.78 Å². The van der Waals surface area contributed by atoms with Crippen molar-refractivity contribution < 1.29 is 4.79 Å². The molecule has 1 aliphatic rings. The third-order valence-corrected chi connectivity index (χ3v) is 4.07. The van der Waals surface area contributed by atoms with E-state index in [1.165, 1.54) is 0 Å². The largest absolute Gasteiger partial charge is 0.337 e. The summed E-state index contributed by atoms with van der Waals surface area (Å²) in [6, 6.07) is 4.22. The quantitative estimate of drug-likeness (QED) is 0.848. The molecule has 1 aromatic rings. The van der Waals surface area contributed by atoms with Crippen molar-refractivity contribution in [2.75, 3.05) is 33.7 Å². The molecule has 0 spiro atoms. The van der Waals surface area contributed by atoms with Crippen molar-refractivity contribution in [1.29, 1.82) is 0 Å². The Morgan fingerprint density at radius 2 is 2.24 bits per heavy atom. The van der Waals surface area contributed by atoms with Gasteiger partial charge in [0.05, 0.1) is 5.92 Å². The number of carbonyl (C=O) groups is 1. The Morgan fingerprint density at radius 3 is 2.81 bits per heavy atom. The van der Waals surface area contributed by atoms with Crippen LogP contribution in [-0.4, -0.2) is 60.5 Å². The molecule has 0 bridgehead atoms. The number of pyridine rings is 1. The Kier molecular flexibility index (Phi) is 5.70. The second-order valence-electron chi connectivity index (χ2n) is 6.06. The van der Waals surface area contributed by atoms with Crippen LogP contribution in [0.5, 0.6) is 0 Å². The summed E-state index contributed by atoms with van der Waals surface area (Å²) in [5.41, 5.74) is 1.09. The summed E-state index contributed by atoms with van der Waals surface area (Å²) in [6.45, 7) is 5.31. The summed E-state index contributed by atoms with van der Waals surface area (Å²) < 4.78 is 0. The van der Waals surface area contributed by atoms with Crippen molar-refractivity contribution in [3.05, 3.63) is 30.1 Å². The molecule has 0 radical (unpaired) electrons. The van der Waals surface area contributed by atoms with Crippen LogP contribution in [0.3, 0.4) is 0 Å². The van der Waals surface area contributed by atoms with E-state index in [2.05, 4.69) is 22.1 Å². The topological polar surface area (TPSA) is 48.5 Å². The molecule has 2 heterocycles. The number of nitrogens with one attached hydrogen (secondary N) is 1. The average molecular weight is 290 g/mol. The maximum absolute atomic E-state index is 12.8. The Morgan fingerprint density at radius 1 is 1.43 bits per heavy atom. The van der Waals surface area contributed by atoms with E-state index in [9.17, 15) is 4.79 Å². The van der Waals surface area contributed by atoms with Crippen molar-refractivity contribution in [3.63, 3.8) is 0 Å². The Bertz CT molecular complexity index is 449. The molecule has 1 amide bonds. The number of carbonyl (C=O) groups excluding carboxylic acids is 1. The zero-order valence-electron chi connectivity index (χ0n) is 13.2. The van der Waals surface area contributed by atoms with Gasteiger partial charge in [0.1, 0.15) is 0 Å². The van der Waals surface area contributed by atoms with Crippen LogP contribution in [0.4, 0.5) is 0 Å². The van der Waals surface area contributed by atoms with Crippen molar-refractivity contribution >= 4 is 5.91 Å². The summed E-state index contributed by atoms with van der Waals surface area (Å²) in [5, 5.41) is 3.36. The molecule has 0 saturated carbocycles. The number of hydrogen-bond acceptors (Lipinski definition) is 4. The van der Waals surface area contributed by atoms with Gasteiger partial charge in [0.15, 0.2) is 0 Å². The lowest BCUT2D eigenvalue weighted by atomic mass is 10.00. The molecule has 1 saturated heterocycles. The van der Waals surface area contributed by atoms with E-state index < -0.39 is 0 Å². The zero-order valence-corrected chi connectivity index (χ0v) is 13.2. The van der Waals surface area contributed by atoms with Crippen LogP contribution >= 0.6 is 0 Å². The lowest BCUT2D eigenvalue weighted by Crippen LogP contribution is -2.42. The Hall–Kier alpha value is -1.46. The third kappa shape index (κ3) is 4.51. The van der Waals surface area contributed by atoms with Crippen LogP contribution in [0, 0.1) is 5.92 Å². The lowest BCUT2D eigenvalue weighted by molar-refractivity contribution is -0.136. The molecule has 21 heavy (non-hydrogen) atoms. The lowest BCUT2D eigenvalue weighted by Gasteiger charge is -2.28. The predicted molar refractivity (Wildman–Crippen MR) is 83.8 cm³/mol. The first-order chi connectivity index (χ1) is 10.1. The molecule has 1 fully saturated rings. The maximum atomic E-state index is 12.8. The first-order valence-corrected chi connectivity index (χ1v) is 7.63. The van der Waals surface area contributed by atoms with E-state index in [-0.39, 0.29) is 17.9 Å². The highest BCUT2D eigenvalue weighted by atomic mass is 16.2. The fourth-order valence-corrected chi connectivity index (χ4v) is 2.73. The van der Waals surface area contributed by atoms with Gasteiger partial charge in [0, 0.05) is 38.1 Å². The first kappa shape index (κ1) is 15.9. The molecule has 1 aliphatic heterocycles. The first-order valence-electron chi connectivity index (χ1n) is 7.63. The number of amides is 1. The van der Waals surface area contributed by atoms with E-state index in [4.69, 9.17) is 0 Å². The molecule has 2 atom stereocenters. The molecule has 1 N–H and O–H groups in total. The molecular formula is C16H26N4O. The summed E-state index contributed by atoms with van der Waals surface area (Å²) >= 11 is 0. The van der Waals surface area contributed by atoms with Crippen LogP contribution in [0.2, 0.25) is 0 Å².